The first-order chi connectivity index (χ1) is 9.84. The maximum Gasteiger partial charge on any atom is 0.242 e. The molecule has 1 aromatic carbocycles. The van der Waals surface area contributed by atoms with Gasteiger partial charge in [-0.3, -0.25) is 0 Å². The van der Waals surface area contributed by atoms with E-state index in [0.717, 1.165) is 31.9 Å². The number of nitrogens with zero attached hydrogens (tertiary/aromatic N) is 1. The van der Waals surface area contributed by atoms with Crippen LogP contribution < -0.4 is 5.32 Å². The Hall–Kier alpha value is -1.11. The molecular weight excluding hydrogens is 288 g/mol. The zero-order chi connectivity index (χ0) is 15.9. The van der Waals surface area contributed by atoms with Crippen LogP contribution in [-0.4, -0.2) is 46.6 Å². The van der Waals surface area contributed by atoms with Gasteiger partial charge >= 0.3 is 0 Å². The van der Waals surface area contributed by atoms with E-state index < -0.39 is 10.0 Å². The van der Waals surface area contributed by atoms with Crippen LogP contribution in [0.5, 0.6) is 0 Å². The highest BCUT2D eigenvalue weighted by Crippen LogP contribution is 2.16. The Morgan fingerprint density at radius 2 is 1.81 bits per heavy atom. The van der Waals surface area contributed by atoms with E-state index in [1.807, 2.05) is 0 Å². The van der Waals surface area contributed by atoms with Crippen molar-refractivity contribution in [1.29, 1.82) is 0 Å². The lowest BCUT2D eigenvalue weighted by Crippen LogP contribution is -2.22. The molecular formula is C15H26N2O3S. The van der Waals surface area contributed by atoms with E-state index in [-0.39, 0.29) is 0 Å². The molecule has 0 saturated carbocycles. The summed E-state index contributed by atoms with van der Waals surface area (Å²) in [6.45, 7) is 6.58. The Bertz CT molecular complexity index is 510. The molecule has 1 rings (SSSR count). The highest BCUT2D eigenvalue weighted by Gasteiger charge is 2.16. The van der Waals surface area contributed by atoms with E-state index in [9.17, 15) is 8.42 Å². The maximum atomic E-state index is 11.9. The Morgan fingerprint density at radius 1 is 1.19 bits per heavy atom. The quantitative estimate of drug-likeness (QED) is 0.711. The minimum absolute atomic E-state index is 0.304. The molecule has 0 fully saturated rings. The van der Waals surface area contributed by atoms with Crippen molar-refractivity contribution in [2.45, 2.75) is 25.2 Å². The molecule has 5 nitrogen and oxygen atoms in total. The number of ether oxygens (including phenoxy) is 1. The van der Waals surface area contributed by atoms with E-state index in [4.69, 9.17) is 4.74 Å². The second-order valence-corrected chi connectivity index (χ2v) is 7.71. The summed E-state index contributed by atoms with van der Waals surface area (Å²) in [5.41, 5.74) is 0.913. The van der Waals surface area contributed by atoms with Crippen LogP contribution in [0.3, 0.4) is 0 Å². The maximum absolute atomic E-state index is 11.9. The molecule has 0 heterocycles. The predicted octanol–water partition coefficient (Wildman–Crippen LogP) is 2.41. The molecule has 0 bridgehead atoms. The standard InChI is InChI=1S/C15H26N2O3S/c1-13(2)12-20-11-5-10-16-14-6-8-15(9-7-14)21(18,19)17(3)4/h6-9,13,16H,5,10-12H2,1-4H3. The van der Waals surface area contributed by atoms with Crippen molar-refractivity contribution >= 4 is 15.7 Å². The number of hydrogen-bond acceptors (Lipinski definition) is 4. The molecule has 0 unspecified atom stereocenters. The molecule has 0 saturated heterocycles. The Kier molecular flexibility index (Phi) is 7.14. The lowest BCUT2D eigenvalue weighted by molar-refractivity contribution is 0.110. The third kappa shape index (κ3) is 6.03. The first kappa shape index (κ1) is 17.9. The minimum atomic E-state index is -3.35. The Labute approximate surface area is 128 Å². The van der Waals surface area contributed by atoms with Crippen molar-refractivity contribution in [1.82, 2.24) is 4.31 Å². The van der Waals surface area contributed by atoms with E-state index in [1.165, 1.54) is 18.4 Å². The summed E-state index contributed by atoms with van der Waals surface area (Å²) in [6.07, 6.45) is 0.921. The molecule has 1 N–H and O–H groups in total. The first-order valence-electron chi connectivity index (χ1n) is 7.18. The molecule has 0 aliphatic heterocycles. The number of benzene rings is 1. The number of sulfonamides is 1. The van der Waals surface area contributed by atoms with Crippen LogP contribution >= 0.6 is 0 Å². The molecule has 6 heteroatoms. The summed E-state index contributed by atoms with van der Waals surface area (Å²) in [5, 5.41) is 3.25. The first-order valence-corrected chi connectivity index (χ1v) is 8.62. The molecule has 21 heavy (non-hydrogen) atoms. The smallest absolute Gasteiger partial charge is 0.242 e. The van der Waals surface area contributed by atoms with Gasteiger partial charge in [-0.2, -0.15) is 0 Å². The molecule has 120 valence electrons. The molecule has 0 aromatic heterocycles. The summed E-state index contributed by atoms with van der Waals surface area (Å²) >= 11 is 0. The average molecular weight is 314 g/mol. The fourth-order valence-electron chi connectivity index (χ4n) is 1.68. The van der Waals surface area contributed by atoms with E-state index >= 15 is 0 Å². The van der Waals surface area contributed by atoms with Gasteiger partial charge in [0.05, 0.1) is 4.90 Å². The van der Waals surface area contributed by atoms with E-state index in [0.29, 0.717) is 10.8 Å². The van der Waals surface area contributed by atoms with Gasteiger partial charge in [-0.15, -0.1) is 0 Å². The third-order valence-electron chi connectivity index (χ3n) is 2.88. The zero-order valence-electron chi connectivity index (χ0n) is 13.3. The summed E-state index contributed by atoms with van der Waals surface area (Å²) < 4.78 is 30.5. The molecule has 0 amide bonds. The summed E-state index contributed by atoms with van der Waals surface area (Å²) in [7, 11) is -0.296. The lowest BCUT2D eigenvalue weighted by Gasteiger charge is -2.12. The van der Waals surface area contributed by atoms with Crippen LogP contribution in [0, 0.1) is 5.92 Å². The van der Waals surface area contributed by atoms with Gasteiger partial charge in [0, 0.05) is 39.5 Å². The number of hydrogen-bond donors (Lipinski definition) is 1. The second-order valence-electron chi connectivity index (χ2n) is 5.56. The van der Waals surface area contributed by atoms with E-state index in [1.54, 1.807) is 24.3 Å². The van der Waals surface area contributed by atoms with Crippen LogP contribution in [0.25, 0.3) is 0 Å². The van der Waals surface area contributed by atoms with Gasteiger partial charge in [-0.25, -0.2) is 12.7 Å². The average Bonchev–Trinajstić information content (AvgIpc) is 2.42. The van der Waals surface area contributed by atoms with Gasteiger partial charge in [0.25, 0.3) is 0 Å². The molecule has 0 aliphatic carbocycles. The fraction of sp³-hybridized carbons (Fsp3) is 0.600. The SMILES string of the molecule is CC(C)COCCCNc1ccc(S(=O)(=O)N(C)C)cc1. The van der Waals surface area contributed by atoms with Gasteiger partial charge in [-0.1, -0.05) is 13.8 Å². The minimum Gasteiger partial charge on any atom is -0.385 e. The Morgan fingerprint density at radius 3 is 2.33 bits per heavy atom. The molecule has 0 spiro atoms. The van der Waals surface area contributed by atoms with Crippen LogP contribution in [0.2, 0.25) is 0 Å². The predicted molar refractivity (Wildman–Crippen MR) is 86.1 cm³/mol. The highest BCUT2D eigenvalue weighted by atomic mass is 32.2. The van der Waals surface area contributed by atoms with Crippen LogP contribution in [0.1, 0.15) is 20.3 Å². The topological polar surface area (TPSA) is 58.6 Å². The Balaban J connectivity index is 2.39. The highest BCUT2D eigenvalue weighted by molar-refractivity contribution is 7.89. The van der Waals surface area contributed by atoms with Crippen LogP contribution in [-0.2, 0) is 14.8 Å². The van der Waals surface area contributed by atoms with Gasteiger partial charge in [0.15, 0.2) is 0 Å². The summed E-state index contributed by atoms with van der Waals surface area (Å²) in [5.74, 6) is 0.559. The van der Waals surface area contributed by atoms with Crippen molar-refractivity contribution in [2.75, 3.05) is 39.2 Å². The monoisotopic (exact) mass is 314 g/mol. The number of anilines is 1. The molecule has 0 radical (unpaired) electrons. The molecule has 1 aromatic rings. The van der Waals surface area contributed by atoms with Gasteiger partial charge in [0.2, 0.25) is 10.0 Å². The van der Waals surface area contributed by atoms with Crippen molar-refractivity contribution in [3.63, 3.8) is 0 Å². The molecule has 0 atom stereocenters. The summed E-state index contributed by atoms with van der Waals surface area (Å²) in [6, 6.07) is 6.80. The fourth-order valence-corrected chi connectivity index (χ4v) is 2.58. The van der Waals surface area contributed by atoms with Gasteiger partial charge in [-0.05, 0) is 36.6 Å². The number of nitrogens with one attached hydrogen (secondary N) is 1. The second kappa shape index (κ2) is 8.36. The van der Waals surface area contributed by atoms with Gasteiger partial charge < -0.3 is 10.1 Å². The van der Waals surface area contributed by atoms with Gasteiger partial charge in [0.1, 0.15) is 0 Å². The third-order valence-corrected chi connectivity index (χ3v) is 4.71. The molecule has 0 aliphatic rings. The normalized spacial score (nSPS) is 12.1. The van der Waals surface area contributed by atoms with E-state index in [2.05, 4.69) is 19.2 Å². The van der Waals surface area contributed by atoms with Crippen LogP contribution in [0.15, 0.2) is 29.2 Å². The summed E-state index contributed by atoms with van der Waals surface area (Å²) in [4.78, 5) is 0.304. The van der Waals surface area contributed by atoms with Crippen LogP contribution in [0.4, 0.5) is 5.69 Å². The van der Waals surface area contributed by atoms with Crippen molar-refractivity contribution in [2.24, 2.45) is 5.92 Å². The van der Waals surface area contributed by atoms with Crippen molar-refractivity contribution in [3.8, 4) is 0 Å². The van der Waals surface area contributed by atoms with Crippen molar-refractivity contribution < 1.29 is 13.2 Å². The lowest BCUT2D eigenvalue weighted by atomic mass is 10.2. The zero-order valence-corrected chi connectivity index (χ0v) is 14.1. The largest absolute Gasteiger partial charge is 0.385 e. The van der Waals surface area contributed by atoms with Crippen molar-refractivity contribution in [3.05, 3.63) is 24.3 Å². The number of rotatable bonds is 9.